The van der Waals surface area contributed by atoms with E-state index in [1.807, 2.05) is 19.3 Å². The number of aryl methyl sites for hydroxylation is 1. The Labute approximate surface area is 667 Å². The number of benzene rings is 1. The second-order valence-electron chi connectivity index (χ2n) is 28.7. The van der Waals surface area contributed by atoms with Gasteiger partial charge in [-0.3, -0.25) is 0 Å². The lowest BCUT2D eigenvalue weighted by atomic mass is 8.20. The maximum atomic E-state index is 7.35. The van der Waals surface area contributed by atoms with Gasteiger partial charge < -0.3 is 13.7 Å². The van der Waals surface area contributed by atoms with Gasteiger partial charge in [-0.15, -0.1) is 0 Å². The molecule has 4 nitrogen and oxygen atoms in total. The van der Waals surface area contributed by atoms with Crippen LogP contribution in [0.2, 0.25) is 0 Å². The van der Waals surface area contributed by atoms with Gasteiger partial charge in [0.2, 0.25) is 0 Å². The molecule has 4 rings (SSSR count). The molecule has 0 saturated carbocycles. The molecule has 0 unspecified atom stereocenters. The van der Waals surface area contributed by atoms with Gasteiger partial charge in [0.05, 0.1) is 16.9 Å². The molecule has 0 atom stereocenters. The predicted molar refractivity (Wildman–Crippen MR) is 530 cm³/mol. The van der Waals surface area contributed by atoms with Crippen molar-refractivity contribution >= 4 is 567 Å². The average Bonchev–Trinajstić information content (AvgIpc) is 1.42. The van der Waals surface area contributed by atoms with E-state index in [1.54, 1.807) is 0 Å². The fraction of sp³-hybridized carbons (Fsp3) is 0.389. The molecule has 2 aromatic heterocycles. The molecule has 3 heterocycles. The molecule has 0 N–H and O–H groups in total. The highest BCUT2D eigenvalue weighted by molar-refractivity contribution is 8.41. The van der Waals surface area contributed by atoms with E-state index in [2.05, 4.69) is 61.3 Å². The van der Waals surface area contributed by atoms with Crippen molar-refractivity contribution in [1.82, 2.24) is 9.38 Å². The number of rotatable bonds is 37. The molecule has 1 aromatic carbocycles. The van der Waals surface area contributed by atoms with Crippen LogP contribution in [0.1, 0.15) is 33.4 Å². The van der Waals surface area contributed by atoms with E-state index >= 15 is 0 Å². The van der Waals surface area contributed by atoms with Crippen LogP contribution in [0.4, 0.5) is 0 Å². The Hall–Kier alpha value is 3.09. The normalized spacial score (nSPS) is 12.1. The van der Waals surface area contributed by atoms with E-state index in [4.69, 9.17) is 311 Å². The molecule has 99 heavy (non-hydrogen) atoms. The quantitative estimate of drug-likeness (QED) is 0.0540. The number of hydrogen-bond donors (Lipinski definition) is 0. The third-order valence-corrected chi connectivity index (χ3v) is 21.1. The number of imidazole rings is 1. The van der Waals surface area contributed by atoms with Gasteiger partial charge in [-0.2, -0.15) is 0 Å². The maximum Gasteiger partial charge on any atom is 0.494 e. The fourth-order valence-corrected chi connectivity index (χ4v) is 16.4. The Balaban J connectivity index is 0.000000910. The largest absolute Gasteiger partial charge is 0.494 e. The van der Waals surface area contributed by atoms with Crippen molar-refractivity contribution in [2.45, 2.75) is 45.8 Å². The second kappa shape index (κ2) is 41.6. The van der Waals surface area contributed by atoms with Crippen LogP contribution < -0.4 is 5.46 Å². The third-order valence-electron chi connectivity index (χ3n) is 21.1. The minimum atomic E-state index is -1.85. The molecule has 1 aliphatic rings. The van der Waals surface area contributed by atoms with Crippen molar-refractivity contribution in [3.05, 3.63) is 42.4 Å². The van der Waals surface area contributed by atoms with Crippen molar-refractivity contribution in [2.24, 2.45) is 0 Å². The first-order valence-electron chi connectivity index (χ1n) is 33.0. The highest BCUT2D eigenvalue weighted by Gasteiger charge is 2.66. The van der Waals surface area contributed by atoms with Crippen molar-refractivity contribution in [3.63, 3.8) is 0 Å². The van der Waals surface area contributed by atoms with E-state index in [-0.39, 0.29) is 18.3 Å². The zero-order valence-electron chi connectivity index (χ0n) is 58.1. The first kappa shape index (κ1) is 96.3. The lowest BCUT2D eigenvalue weighted by molar-refractivity contribution is 0.00578. The first-order valence-corrected chi connectivity index (χ1v) is 33.0. The van der Waals surface area contributed by atoms with Crippen LogP contribution in [0, 0.1) is 6.92 Å². The molecule has 0 amide bonds. The predicted octanol–water partition coefficient (Wildman–Crippen LogP) is -25.8. The highest BCUT2D eigenvalue weighted by Crippen LogP contribution is 2.37. The van der Waals surface area contributed by atoms with Crippen LogP contribution in [0.5, 0.6) is 0 Å². The van der Waals surface area contributed by atoms with Crippen molar-refractivity contribution in [1.29, 1.82) is 0 Å². The summed E-state index contributed by atoms with van der Waals surface area (Å²) in [6.07, 6.45) is -56.4. The van der Waals surface area contributed by atoms with Crippen LogP contribution in [-0.2, 0) is 9.31 Å². The van der Waals surface area contributed by atoms with Gasteiger partial charge in [0.25, 0.3) is 0 Å². The van der Waals surface area contributed by atoms with Crippen molar-refractivity contribution in [3.8, 4) is 0 Å². The molecule has 3 aromatic rings. The Kier molecular flexibility index (Phi) is 40.4. The summed E-state index contributed by atoms with van der Waals surface area (Å²) in [5.74, 6) is 0. The molecule has 1 aliphatic heterocycles. The summed E-state index contributed by atoms with van der Waals surface area (Å²) in [4.78, 5) is 4.62. The monoisotopic (exact) mass is 1140 g/mol. The van der Waals surface area contributed by atoms with Gasteiger partial charge in [-0.1, -0.05) is 18.2 Å². The number of hydrogen-bond acceptors (Lipinski definition) is 3. The standard InChI is InChI=1S/C18H21BN2O2.B76/c1-12-11-21-9-8-13-10-14(6-7-15(13)16(21)20-12)19-22-17(2,3)18(4,5)23-19;1-40(2)59(39)69(60(41(3)4)42(5)6)74(70(61(43(7)8)44(9)10)62(45(11)12)46(13)14)76(73(67(55(31)32)56(33)34)68(57(35)36)58(37)38)75(71(63(47(15)16)48(17)18)64(49(19)20)50(21)22)72(65(51(23)24)52(25)26)66(53(27)28)54(29)30/h6-11H,1-5H3;. The van der Waals surface area contributed by atoms with Gasteiger partial charge in [0, 0.05) is 556 Å². The number of aromatic nitrogens is 2. The Morgan fingerprint density at radius 2 is 0.525 bits per heavy atom. The summed E-state index contributed by atoms with van der Waals surface area (Å²) in [7, 11) is 265. The van der Waals surface area contributed by atoms with Crippen LogP contribution >= 0.6 is 0 Å². The van der Waals surface area contributed by atoms with Crippen LogP contribution in [-0.4, -0.2) is 566 Å². The molecule has 0 aliphatic carbocycles. The van der Waals surface area contributed by atoms with Crippen molar-refractivity contribution in [2.75, 3.05) is 0 Å². The van der Waals surface area contributed by atoms with Gasteiger partial charge in [-0.25, -0.2) is 4.98 Å². The molecule has 0 spiro atoms. The molecule has 1 fully saturated rings. The van der Waals surface area contributed by atoms with E-state index in [9.17, 15) is 0 Å². The van der Waals surface area contributed by atoms with Crippen LogP contribution in [0.15, 0.2) is 36.7 Å². The summed E-state index contributed by atoms with van der Waals surface area (Å²) in [6, 6.07) is 8.44. The minimum absolute atomic E-state index is 0.323. The Morgan fingerprint density at radius 1 is 0.303 bits per heavy atom. The molecule has 81 heteroatoms. The number of fused-ring (bicyclic) bond motifs is 3. The summed E-state index contributed by atoms with van der Waals surface area (Å²) in [5.41, 5.74) is 2.41. The molecular formula is C18H21B77N2O2. The highest BCUT2D eigenvalue weighted by atomic mass is 16.7. The smallest absolute Gasteiger partial charge is 0.399 e. The number of pyridine rings is 1. The van der Waals surface area contributed by atoms with E-state index in [0.29, 0.717) is 0 Å². The molecular weight excluding hydrogens is 1110 g/mol. The molecule has 346 valence electrons. The second-order valence-corrected chi connectivity index (χ2v) is 28.7. The SMILES string of the molecule is Cc1cn2ccc3cc(B4OC(C)(C)C(C)(C)O4)ccc3c2n1.[B]B([B])B([B])B(B(B([B])[B])B([B])[B])B(B(B(B([B])[B])B([B])[B])B(B([B])[B])B([B])[B])B(B(B(B([B])[B])B([B])[B])B(B([B])[B])B([B])[B])B(B(B(B([B])[B])B([B])[B])B(B([B])[B])B([B])[B])B(B(B([B])[B])B([B])[B])B(B([B])[B])B([B])[B]. The summed E-state index contributed by atoms with van der Waals surface area (Å²) < 4.78 is 14.4. The minimum Gasteiger partial charge on any atom is -0.399 e. The zero-order chi connectivity index (χ0) is 76.8. The summed E-state index contributed by atoms with van der Waals surface area (Å²) >= 11 is 0. The number of nitrogens with zero attached hydrogens (tertiary/aromatic N) is 2. The third kappa shape index (κ3) is 23.8. The van der Waals surface area contributed by atoms with Gasteiger partial charge in [0.15, 0.2) is 0 Å². The zero-order valence-corrected chi connectivity index (χ0v) is 58.1. The maximum absolute atomic E-state index is 7.35. The van der Waals surface area contributed by atoms with E-state index in [0.717, 1.165) is 27.6 Å². The Bertz CT molecular complexity index is 2610. The summed E-state index contributed by atoms with van der Waals surface area (Å²) in [6.45, 7) is 10.3. The van der Waals surface area contributed by atoms with Gasteiger partial charge >= 0.3 is 7.12 Å². The van der Waals surface area contributed by atoms with Crippen LogP contribution in [0.25, 0.3) is 16.4 Å². The molecule has 78 radical (unpaired) electrons. The molecule has 1 saturated heterocycles. The lowest BCUT2D eigenvalue weighted by Gasteiger charge is -2.61. The first-order chi connectivity index (χ1) is 45.3. The topological polar surface area (TPSA) is 35.8 Å². The summed E-state index contributed by atoms with van der Waals surface area (Å²) in [5, 5.41) is 2.29. The fourth-order valence-electron chi connectivity index (χ4n) is 16.4. The lowest BCUT2D eigenvalue weighted by Crippen LogP contribution is -2.99. The van der Waals surface area contributed by atoms with Gasteiger partial charge in [-0.05, 0) is 51.5 Å². The van der Waals surface area contributed by atoms with Gasteiger partial charge in [0.1, 0.15) is 5.65 Å². The van der Waals surface area contributed by atoms with E-state index < -0.39 is 236 Å². The molecule has 0 bridgehead atoms. The van der Waals surface area contributed by atoms with E-state index in [1.165, 1.54) is 0 Å². The van der Waals surface area contributed by atoms with Crippen molar-refractivity contribution < 1.29 is 9.31 Å². The average molecular weight is 1130 g/mol. The Morgan fingerprint density at radius 3 is 0.758 bits per heavy atom. The van der Waals surface area contributed by atoms with Crippen LogP contribution in [0.3, 0.4) is 0 Å².